The molecule has 3 aromatic carbocycles. The highest BCUT2D eigenvalue weighted by atomic mass is 32.2. The second kappa shape index (κ2) is 8.68. The maximum atomic E-state index is 12.8. The molecule has 3 rings (SSSR count). The van der Waals surface area contributed by atoms with Crippen molar-refractivity contribution in [2.45, 2.75) is 17.6 Å². The van der Waals surface area contributed by atoms with E-state index in [-0.39, 0.29) is 22.7 Å². The summed E-state index contributed by atoms with van der Waals surface area (Å²) in [6.45, 7) is 0.0732. The molecule has 0 saturated heterocycles. The standard InChI is InChI=1S/C21H17F3N2O3S/c22-21(23,24)17-9-5-10-18(13-17)26-20(27)16-8-4-11-19(12-16)30(28,29)25-14-15-6-2-1-3-7-15/h1-13,25H,14H2,(H,26,27). The highest BCUT2D eigenvalue weighted by Crippen LogP contribution is 2.30. The van der Waals surface area contributed by atoms with Crippen LogP contribution in [0, 0.1) is 0 Å². The molecule has 0 atom stereocenters. The number of amides is 1. The van der Waals surface area contributed by atoms with E-state index in [4.69, 9.17) is 0 Å². The summed E-state index contributed by atoms with van der Waals surface area (Å²) < 4.78 is 66.0. The summed E-state index contributed by atoms with van der Waals surface area (Å²) in [4.78, 5) is 12.3. The molecule has 0 fully saturated rings. The molecule has 0 saturated carbocycles. The topological polar surface area (TPSA) is 75.3 Å². The summed E-state index contributed by atoms with van der Waals surface area (Å²) in [5.74, 6) is -0.727. The molecule has 0 unspecified atom stereocenters. The molecular formula is C21H17F3N2O3S. The number of carbonyl (C=O) groups excluding carboxylic acids is 1. The molecule has 0 heterocycles. The first-order chi connectivity index (χ1) is 14.1. The molecule has 2 N–H and O–H groups in total. The van der Waals surface area contributed by atoms with Crippen LogP contribution in [0.25, 0.3) is 0 Å². The molecule has 0 spiro atoms. The van der Waals surface area contributed by atoms with Crippen LogP contribution < -0.4 is 10.0 Å². The lowest BCUT2D eigenvalue weighted by Gasteiger charge is -2.11. The number of nitrogens with one attached hydrogen (secondary N) is 2. The monoisotopic (exact) mass is 434 g/mol. The zero-order valence-corrected chi connectivity index (χ0v) is 16.3. The van der Waals surface area contributed by atoms with Gasteiger partial charge in [0.25, 0.3) is 5.91 Å². The van der Waals surface area contributed by atoms with Crippen LogP contribution in [-0.2, 0) is 22.7 Å². The molecule has 0 aliphatic rings. The normalized spacial score (nSPS) is 11.8. The van der Waals surface area contributed by atoms with E-state index in [0.717, 1.165) is 23.8 Å². The van der Waals surface area contributed by atoms with Crippen molar-refractivity contribution in [1.82, 2.24) is 4.72 Å². The molecule has 1 amide bonds. The molecule has 0 aliphatic heterocycles. The van der Waals surface area contributed by atoms with E-state index < -0.39 is 27.7 Å². The molecular weight excluding hydrogens is 417 g/mol. The summed E-state index contributed by atoms with van der Waals surface area (Å²) in [5, 5.41) is 2.35. The van der Waals surface area contributed by atoms with Crippen molar-refractivity contribution in [3.05, 3.63) is 95.6 Å². The maximum absolute atomic E-state index is 12.8. The number of carbonyl (C=O) groups is 1. The Morgan fingerprint density at radius 1 is 0.867 bits per heavy atom. The largest absolute Gasteiger partial charge is 0.416 e. The summed E-state index contributed by atoms with van der Waals surface area (Å²) in [6.07, 6.45) is -4.54. The van der Waals surface area contributed by atoms with Gasteiger partial charge in [-0.25, -0.2) is 13.1 Å². The Kier molecular flexibility index (Phi) is 6.23. The zero-order chi connectivity index (χ0) is 21.8. The van der Waals surface area contributed by atoms with Gasteiger partial charge in [0.05, 0.1) is 10.5 Å². The minimum absolute atomic E-state index is 0.00463. The van der Waals surface area contributed by atoms with Gasteiger partial charge in [0, 0.05) is 17.8 Å². The van der Waals surface area contributed by atoms with Crippen LogP contribution in [-0.4, -0.2) is 14.3 Å². The van der Waals surface area contributed by atoms with Crippen molar-refractivity contribution in [2.75, 3.05) is 5.32 Å². The summed E-state index contributed by atoms with van der Waals surface area (Å²) in [6, 6.07) is 18.3. The van der Waals surface area contributed by atoms with Crippen molar-refractivity contribution >= 4 is 21.6 Å². The van der Waals surface area contributed by atoms with Crippen molar-refractivity contribution < 1.29 is 26.4 Å². The van der Waals surface area contributed by atoms with E-state index in [0.29, 0.717) is 0 Å². The first-order valence-corrected chi connectivity index (χ1v) is 10.3. The number of sulfonamides is 1. The van der Waals surface area contributed by atoms with Crippen LogP contribution in [0.5, 0.6) is 0 Å². The SMILES string of the molecule is O=C(Nc1cccc(C(F)(F)F)c1)c1cccc(S(=O)(=O)NCc2ccccc2)c1. The van der Waals surface area contributed by atoms with Gasteiger partial charge in [0.1, 0.15) is 0 Å². The second-order valence-electron chi connectivity index (χ2n) is 6.37. The van der Waals surface area contributed by atoms with Gasteiger partial charge in [0.2, 0.25) is 10.0 Å². The number of anilines is 1. The first-order valence-electron chi connectivity index (χ1n) is 8.77. The fourth-order valence-electron chi connectivity index (χ4n) is 2.64. The number of hydrogen-bond donors (Lipinski definition) is 2. The molecule has 5 nitrogen and oxygen atoms in total. The Labute approximate surface area is 171 Å². The summed E-state index contributed by atoms with van der Waals surface area (Å²) in [5.41, 5.74) is -0.193. The first kappa shape index (κ1) is 21.5. The van der Waals surface area contributed by atoms with E-state index in [1.165, 1.54) is 30.3 Å². The molecule has 0 radical (unpaired) electrons. The Bertz CT molecular complexity index is 1150. The number of alkyl halides is 3. The van der Waals surface area contributed by atoms with Gasteiger partial charge in [-0.1, -0.05) is 42.5 Å². The van der Waals surface area contributed by atoms with Crippen LogP contribution in [0.2, 0.25) is 0 Å². The number of benzene rings is 3. The van der Waals surface area contributed by atoms with Crippen LogP contribution in [0.4, 0.5) is 18.9 Å². The van der Waals surface area contributed by atoms with Crippen LogP contribution in [0.1, 0.15) is 21.5 Å². The molecule has 0 aliphatic carbocycles. The Hall–Kier alpha value is -3.17. The van der Waals surface area contributed by atoms with Gasteiger partial charge < -0.3 is 5.32 Å². The van der Waals surface area contributed by atoms with Gasteiger partial charge in [-0.2, -0.15) is 13.2 Å². The average Bonchev–Trinajstić information content (AvgIpc) is 2.73. The van der Waals surface area contributed by atoms with Crippen LogP contribution in [0.15, 0.2) is 83.8 Å². The summed E-state index contributed by atoms with van der Waals surface area (Å²) in [7, 11) is -3.89. The minimum atomic E-state index is -4.54. The quantitative estimate of drug-likeness (QED) is 0.603. The smallest absolute Gasteiger partial charge is 0.322 e. The van der Waals surface area contributed by atoms with Gasteiger partial charge in [0.15, 0.2) is 0 Å². The number of rotatable bonds is 6. The maximum Gasteiger partial charge on any atom is 0.416 e. The lowest BCUT2D eigenvalue weighted by Crippen LogP contribution is -2.23. The molecule has 156 valence electrons. The van der Waals surface area contributed by atoms with E-state index in [1.807, 2.05) is 6.07 Å². The fraction of sp³-hybridized carbons (Fsp3) is 0.0952. The van der Waals surface area contributed by atoms with E-state index in [1.54, 1.807) is 24.3 Å². The fourth-order valence-corrected chi connectivity index (χ4v) is 3.70. The average molecular weight is 434 g/mol. The third-order valence-electron chi connectivity index (χ3n) is 4.16. The lowest BCUT2D eigenvalue weighted by molar-refractivity contribution is -0.137. The predicted molar refractivity (Wildman–Crippen MR) is 106 cm³/mol. The van der Waals surface area contributed by atoms with Crippen molar-refractivity contribution in [2.24, 2.45) is 0 Å². The second-order valence-corrected chi connectivity index (χ2v) is 8.14. The molecule has 0 aromatic heterocycles. The van der Waals surface area contributed by atoms with Crippen molar-refractivity contribution in [1.29, 1.82) is 0 Å². The molecule has 30 heavy (non-hydrogen) atoms. The van der Waals surface area contributed by atoms with Crippen LogP contribution >= 0.6 is 0 Å². The van der Waals surface area contributed by atoms with Gasteiger partial charge in [-0.05, 0) is 42.0 Å². The van der Waals surface area contributed by atoms with Crippen molar-refractivity contribution in [3.8, 4) is 0 Å². The van der Waals surface area contributed by atoms with Crippen LogP contribution in [0.3, 0.4) is 0 Å². The highest BCUT2D eigenvalue weighted by molar-refractivity contribution is 7.89. The molecule has 9 heteroatoms. The summed E-state index contributed by atoms with van der Waals surface area (Å²) >= 11 is 0. The Balaban J connectivity index is 1.75. The van der Waals surface area contributed by atoms with E-state index >= 15 is 0 Å². The third-order valence-corrected chi connectivity index (χ3v) is 5.56. The Morgan fingerprint density at radius 2 is 1.57 bits per heavy atom. The zero-order valence-electron chi connectivity index (χ0n) is 15.5. The van der Waals surface area contributed by atoms with Gasteiger partial charge >= 0.3 is 6.18 Å². The number of hydrogen-bond acceptors (Lipinski definition) is 3. The lowest BCUT2D eigenvalue weighted by atomic mass is 10.1. The molecule has 3 aromatic rings. The van der Waals surface area contributed by atoms with Gasteiger partial charge in [-0.3, -0.25) is 4.79 Å². The third kappa shape index (κ3) is 5.46. The van der Waals surface area contributed by atoms with E-state index in [2.05, 4.69) is 10.0 Å². The minimum Gasteiger partial charge on any atom is -0.322 e. The predicted octanol–water partition coefficient (Wildman–Crippen LogP) is 4.44. The van der Waals surface area contributed by atoms with Gasteiger partial charge in [-0.15, -0.1) is 0 Å². The Morgan fingerprint density at radius 3 is 2.27 bits per heavy atom. The highest BCUT2D eigenvalue weighted by Gasteiger charge is 2.30. The van der Waals surface area contributed by atoms with Crippen molar-refractivity contribution in [3.63, 3.8) is 0 Å². The van der Waals surface area contributed by atoms with E-state index in [9.17, 15) is 26.4 Å². The molecule has 0 bridgehead atoms. The number of halogens is 3.